The number of hydrogen-bond acceptors (Lipinski definition) is 8. The Balaban J connectivity index is 1.47. The van der Waals surface area contributed by atoms with E-state index in [0.717, 1.165) is 18.2 Å². The lowest BCUT2D eigenvalue weighted by Gasteiger charge is -2.41. The van der Waals surface area contributed by atoms with Crippen LogP contribution in [0.3, 0.4) is 0 Å². The molecule has 1 aromatic carbocycles. The molecule has 0 N–H and O–H groups in total. The van der Waals surface area contributed by atoms with E-state index in [2.05, 4.69) is 24.8 Å². The van der Waals surface area contributed by atoms with E-state index in [4.69, 9.17) is 4.74 Å². The summed E-state index contributed by atoms with van der Waals surface area (Å²) in [5.41, 5.74) is -1.45. The molecule has 5 rings (SSSR count). The summed E-state index contributed by atoms with van der Waals surface area (Å²) in [6, 6.07) is 6.72. The molecule has 2 aromatic heterocycles. The van der Waals surface area contributed by atoms with Gasteiger partial charge in [0.05, 0.1) is 29.9 Å². The predicted octanol–water partition coefficient (Wildman–Crippen LogP) is 5.30. The Morgan fingerprint density at radius 3 is 2.26 bits per heavy atom. The van der Waals surface area contributed by atoms with Crippen LogP contribution in [0.25, 0.3) is 11.4 Å². The third kappa shape index (κ3) is 6.75. The summed E-state index contributed by atoms with van der Waals surface area (Å²) >= 11 is 0. The maximum atomic E-state index is 13.6. The minimum absolute atomic E-state index is 0.0146. The number of halogens is 6. The summed E-state index contributed by atoms with van der Waals surface area (Å²) in [7, 11) is 0. The Labute approximate surface area is 239 Å². The zero-order valence-corrected chi connectivity index (χ0v) is 23.3. The molecule has 8 nitrogen and oxygen atoms in total. The zero-order valence-electron chi connectivity index (χ0n) is 23.3. The average molecular weight is 596 g/mol. The van der Waals surface area contributed by atoms with E-state index in [-0.39, 0.29) is 61.0 Å². The lowest BCUT2D eigenvalue weighted by atomic mass is 10.1. The molecule has 0 saturated carbocycles. The number of alkyl halides is 6. The third-order valence-electron chi connectivity index (χ3n) is 7.25. The largest absolute Gasteiger partial charge is 0.419 e. The molecule has 0 spiro atoms. The number of hydrogen-bond donors (Lipinski definition) is 0. The summed E-state index contributed by atoms with van der Waals surface area (Å²) in [6.45, 7) is 8.03. The lowest BCUT2D eigenvalue weighted by Crippen LogP contribution is -2.53. The van der Waals surface area contributed by atoms with E-state index in [0.29, 0.717) is 25.5 Å². The van der Waals surface area contributed by atoms with Gasteiger partial charge in [-0.2, -0.15) is 36.3 Å². The number of anilines is 2. The van der Waals surface area contributed by atoms with Crippen molar-refractivity contribution in [3.05, 3.63) is 59.5 Å². The number of piperazine rings is 1. The molecule has 2 aliphatic rings. The first kappa shape index (κ1) is 30.0. The van der Waals surface area contributed by atoms with Gasteiger partial charge in [0.15, 0.2) is 5.82 Å². The van der Waals surface area contributed by atoms with Crippen LogP contribution < -0.4 is 9.80 Å². The van der Waals surface area contributed by atoms with Gasteiger partial charge in [0.2, 0.25) is 5.95 Å². The number of nitrogens with zero attached hydrogens (tertiary/aromatic N) is 7. The summed E-state index contributed by atoms with van der Waals surface area (Å²) in [5.74, 6) is 0.584. The van der Waals surface area contributed by atoms with E-state index in [1.807, 2.05) is 25.7 Å². The number of pyridine rings is 1. The minimum atomic E-state index is -4.55. The maximum Gasteiger partial charge on any atom is 0.419 e. The summed E-state index contributed by atoms with van der Waals surface area (Å²) < 4.78 is 87.2. The highest BCUT2D eigenvalue weighted by Crippen LogP contribution is 2.36. The van der Waals surface area contributed by atoms with Crippen molar-refractivity contribution < 1.29 is 31.1 Å². The lowest BCUT2D eigenvalue weighted by molar-refractivity contribution is -0.138. The molecule has 2 saturated heterocycles. The molecule has 2 fully saturated rings. The number of rotatable bonds is 5. The Bertz CT molecular complexity index is 1390. The zero-order chi connectivity index (χ0) is 30.2. The van der Waals surface area contributed by atoms with Gasteiger partial charge in [-0.05, 0) is 45.0 Å². The van der Waals surface area contributed by atoms with Crippen LogP contribution in [0.2, 0.25) is 0 Å². The molecule has 0 unspecified atom stereocenters. The van der Waals surface area contributed by atoms with Crippen molar-refractivity contribution in [1.82, 2.24) is 24.8 Å². The molecule has 0 bridgehead atoms. The van der Waals surface area contributed by atoms with E-state index in [1.165, 1.54) is 24.4 Å². The van der Waals surface area contributed by atoms with Crippen LogP contribution in [0.1, 0.15) is 37.7 Å². The van der Waals surface area contributed by atoms with Crippen molar-refractivity contribution >= 4 is 11.8 Å². The summed E-state index contributed by atoms with van der Waals surface area (Å²) in [4.78, 5) is 23.4. The van der Waals surface area contributed by atoms with Crippen molar-refractivity contribution in [1.29, 1.82) is 0 Å². The number of ether oxygens (including phenoxy) is 1. The molecule has 4 heterocycles. The Morgan fingerprint density at radius 2 is 1.60 bits per heavy atom. The second-order valence-electron chi connectivity index (χ2n) is 10.8. The first-order chi connectivity index (χ1) is 19.8. The first-order valence-corrected chi connectivity index (χ1v) is 13.6. The van der Waals surface area contributed by atoms with E-state index < -0.39 is 23.5 Å². The molecule has 0 amide bonds. The van der Waals surface area contributed by atoms with Crippen LogP contribution in [-0.2, 0) is 23.6 Å². The molecule has 3 atom stereocenters. The van der Waals surface area contributed by atoms with Crippen molar-refractivity contribution in [2.75, 3.05) is 42.5 Å². The van der Waals surface area contributed by atoms with E-state index >= 15 is 0 Å². The normalized spacial score (nSPS) is 22.5. The molecular formula is C28H31F6N7O. The Hall–Kier alpha value is -3.52. The van der Waals surface area contributed by atoms with Crippen LogP contribution in [0, 0.1) is 0 Å². The van der Waals surface area contributed by atoms with Crippen LogP contribution >= 0.6 is 0 Å². The smallest absolute Gasteiger partial charge is 0.373 e. The van der Waals surface area contributed by atoms with Gasteiger partial charge in [-0.25, -0.2) is 9.97 Å². The van der Waals surface area contributed by atoms with Crippen molar-refractivity contribution in [3.8, 4) is 11.4 Å². The SMILES string of the molecule is C[C@@H]1CN(Cc2nc(-c3cccc(C(F)(F)F)c3)nc(N3CCN(c4ncccc4C(F)(F)F)C[C@H]3C)n2)C[C@H](C)O1. The van der Waals surface area contributed by atoms with Gasteiger partial charge in [-0.15, -0.1) is 0 Å². The number of morpholine rings is 1. The monoisotopic (exact) mass is 595 g/mol. The number of aromatic nitrogens is 4. The van der Waals surface area contributed by atoms with E-state index in [1.54, 1.807) is 4.90 Å². The fraction of sp³-hybridized carbons (Fsp3) is 0.500. The topological polar surface area (TPSA) is 70.5 Å². The molecule has 0 radical (unpaired) electrons. The highest BCUT2D eigenvalue weighted by Gasteiger charge is 2.38. The van der Waals surface area contributed by atoms with Crippen LogP contribution in [0.15, 0.2) is 42.6 Å². The molecule has 42 heavy (non-hydrogen) atoms. The summed E-state index contributed by atoms with van der Waals surface area (Å²) in [6.07, 6.45) is -7.80. The van der Waals surface area contributed by atoms with Crippen molar-refractivity contribution in [3.63, 3.8) is 0 Å². The predicted molar refractivity (Wildman–Crippen MR) is 144 cm³/mol. The third-order valence-corrected chi connectivity index (χ3v) is 7.25. The van der Waals surface area contributed by atoms with Crippen LogP contribution in [0.5, 0.6) is 0 Å². The average Bonchev–Trinajstić information content (AvgIpc) is 2.91. The Kier molecular flexibility index (Phi) is 8.30. The van der Waals surface area contributed by atoms with Gasteiger partial charge < -0.3 is 14.5 Å². The molecule has 14 heteroatoms. The van der Waals surface area contributed by atoms with Crippen LogP contribution in [0.4, 0.5) is 38.1 Å². The quantitative estimate of drug-likeness (QED) is 0.369. The van der Waals surface area contributed by atoms with Gasteiger partial charge in [0, 0.05) is 50.5 Å². The van der Waals surface area contributed by atoms with Gasteiger partial charge >= 0.3 is 12.4 Å². The maximum absolute atomic E-state index is 13.6. The van der Waals surface area contributed by atoms with Crippen molar-refractivity contribution in [2.24, 2.45) is 0 Å². The van der Waals surface area contributed by atoms with Gasteiger partial charge in [-0.3, -0.25) is 4.90 Å². The fourth-order valence-corrected chi connectivity index (χ4v) is 5.50. The standard InChI is InChI=1S/C28H31F6N7O/c1-17-13-40(25-22(28(32,33)34)8-5-9-35-25)10-11-41(17)26-37-23(16-39-14-18(2)42-19(3)15-39)36-24(38-26)20-6-4-7-21(12-20)27(29,30)31/h4-9,12,17-19H,10-11,13-16H2,1-3H3/t17-,18-,19+/m1/s1. The summed E-state index contributed by atoms with van der Waals surface area (Å²) in [5, 5.41) is 0. The second kappa shape index (κ2) is 11.6. The molecule has 0 aliphatic carbocycles. The first-order valence-electron chi connectivity index (χ1n) is 13.6. The highest BCUT2D eigenvalue weighted by atomic mass is 19.4. The van der Waals surface area contributed by atoms with Crippen molar-refractivity contribution in [2.45, 2.75) is 57.9 Å². The van der Waals surface area contributed by atoms with Crippen LogP contribution in [-0.4, -0.2) is 75.8 Å². The fourth-order valence-electron chi connectivity index (χ4n) is 5.50. The number of benzene rings is 1. The molecule has 3 aromatic rings. The molecule has 2 aliphatic heterocycles. The molecular weight excluding hydrogens is 564 g/mol. The van der Waals surface area contributed by atoms with E-state index in [9.17, 15) is 26.3 Å². The molecule has 226 valence electrons. The van der Waals surface area contributed by atoms with Gasteiger partial charge in [0.1, 0.15) is 11.6 Å². The second-order valence-corrected chi connectivity index (χ2v) is 10.8. The minimum Gasteiger partial charge on any atom is -0.373 e. The highest BCUT2D eigenvalue weighted by molar-refractivity contribution is 5.58. The van der Waals surface area contributed by atoms with Gasteiger partial charge in [0.25, 0.3) is 0 Å². The van der Waals surface area contributed by atoms with Gasteiger partial charge in [-0.1, -0.05) is 12.1 Å². The Morgan fingerprint density at radius 1 is 0.857 bits per heavy atom.